The van der Waals surface area contributed by atoms with Gasteiger partial charge in [-0.05, 0) is 69.2 Å². The molecule has 0 unspecified atom stereocenters. The molecule has 1 aromatic heterocycles. The molecule has 8 nitrogen and oxygen atoms in total. The molecule has 202 valence electrons. The lowest BCUT2D eigenvalue weighted by atomic mass is 10.0. The molecule has 3 aliphatic rings. The average Bonchev–Trinajstić information content (AvgIpc) is 3.73. The van der Waals surface area contributed by atoms with Crippen molar-refractivity contribution in [2.75, 3.05) is 6.54 Å². The molecule has 2 heterocycles. The Morgan fingerprint density at radius 3 is 2.39 bits per heavy atom. The highest BCUT2D eigenvalue weighted by Gasteiger charge is 2.72. The van der Waals surface area contributed by atoms with Crippen molar-refractivity contribution >= 4 is 33.0 Å². The van der Waals surface area contributed by atoms with Gasteiger partial charge in [-0.1, -0.05) is 6.07 Å². The van der Waals surface area contributed by atoms with Gasteiger partial charge < -0.3 is 5.32 Å². The number of nitrogens with one attached hydrogen (secondary N) is 1. The van der Waals surface area contributed by atoms with Gasteiger partial charge in [0.25, 0.3) is 0 Å². The zero-order valence-electron chi connectivity index (χ0n) is 20.6. The fourth-order valence-corrected chi connectivity index (χ4v) is 7.71. The minimum absolute atomic E-state index is 0.0915. The van der Waals surface area contributed by atoms with Crippen molar-refractivity contribution in [1.29, 1.82) is 5.26 Å². The van der Waals surface area contributed by atoms with E-state index in [-0.39, 0.29) is 30.7 Å². The standard InChI is InChI=1S/C25H25F3N4O4S2/c1-14-9-16(19-12-30-15(2)37-19)3-4-20(14)38(35,36)17-10-18(31-11-17)21(33)32(23(13-29)5-6-23)22(34)24(7-8-24)25(26,27)28/h3-4,9,12,17-18,31H,5-8,10-11H2,1-2H3/t17-,18+/m1/s1. The lowest BCUT2D eigenvalue weighted by molar-refractivity contribution is -0.200. The Morgan fingerprint density at radius 2 is 1.89 bits per heavy atom. The van der Waals surface area contributed by atoms with Crippen LogP contribution in [0, 0.1) is 30.6 Å². The quantitative estimate of drug-likeness (QED) is 0.530. The average molecular weight is 567 g/mol. The van der Waals surface area contributed by atoms with Crippen LogP contribution in [0.1, 0.15) is 42.7 Å². The first-order chi connectivity index (χ1) is 17.8. The number of carbonyl (C=O) groups is 2. The van der Waals surface area contributed by atoms with E-state index < -0.39 is 62.9 Å². The fourth-order valence-electron chi connectivity index (χ4n) is 5.05. The molecule has 2 atom stereocenters. The normalized spacial score (nSPS) is 23.5. The van der Waals surface area contributed by atoms with E-state index in [1.54, 1.807) is 25.3 Å². The zero-order valence-corrected chi connectivity index (χ0v) is 22.3. The number of nitrogens with zero attached hydrogens (tertiary/aromatic N) is 3. The van der Waals surface area contributed by atoms with Gasteiger partial charge >= 0.3 is 6.18 Å². The molecule has 13 heteroatoms. The minimum atomic E-state index is -4.84. The predicted molar refractivity (Wildman–Crippen MR) is 132 cm³/mol. The first kappa shape index (κ1) is 26.8. The Labute approximate surface area is 221 Å². The molecule has 3 fully saturated rings. The predicted octanol–water partition coefficient (Wildman–Crippen LogP) is 3.69. The van der Waals surface area contributed by atoms with Crippen LogP contribution in [0.4, 0.5) is 13.2 Å². The Hall–Kier alpha value is -2.82. The minimum Gasteiger partial charge on any atom is -0.304 e. The molecular weight excluding hydrogens is 541 g/mol. The Bertz CT molecular complexity index is 1470. The molecule has 2 amide bonds. The van der Waals surface area contributed by atoms with Crippen LogP contribution in [0.5, 0.6) is 0 Å². The van der Waals surface area contributed by atoms with E-state index in [1.807, 2.05) is 13.0 Å². The van der Waals surface area contributed by atoms with Gasteiger partial charge in [0.1, 0.15) is 11.0 Å². The van der Waals surface area contributed by atoms with Crippen LogP contribution in [0.2, 0.25) is 0 Å². The number of rotatable bonds is 6. The first-order valence-electron chi connectivity index (χ1n) is 12.1. The zero-order chi connectivity index (χ0) is 27.7. The van der Waals surface area contributed by atoms with Gasteiger partial charge in [-0.3, -0.25) is 14.5 Å². The molecule has 0 bridgehead atoms. The molecule has 1 N–H and O–H groups in total. The summed E-state index contributed by atoms with van der Waals surface area (Å²) in [6.45, 7) is 3.43. The fraction of sp³-hybridized carbons (Fsp3) is 0.520. The van der Waals surface area contributed by atoms with E-state index in [9.17, 15) is 36.4 Å². The number of hydrogen-bond acceptors (Lipinski definition) is 8. The lowest BCUT2D eigenvalue weighted by Crippen LogP contribution is -2.56. The van der Waals surface area contributed by atoms with Crippen molar-refractivity contribution < 1.29 is 31.2 Å². The number of alkyl halides is 3. The molecule has 5 rings (SSSR count). The molecule has 38 heavy (non-hydrogen) atoms. The van der Waals surface area contributed by atoms with Gasteiger partial charge in [0.05, 0.1) is 32.1 Å². The maximum atomic E-state index is 13.7. The van der Waals surface area contributed by atoms with Crippen molar-refractivity contribution in [2.24, 2.45) is 5.41 Å². The number of imide groups is 1. The number of amides is 2. The molecule has 2 aliphatic carbocycles. The number of benzene rings is 1. The summed E-state index contributed by atoms with van der Waals surface area (Å²) < 4.78 is 68.1. The number of aryl methyl sites for hydroxylation is 2. The largest absolute Gasteiger partial charge is 0.403 e. The molecule has 1 aromatic carbocycles. The van der Waals surface area contributed by atoms with E-state index in [4.69, 9.17) is 0 Å². The molecule has 1 aliphatic heterocycles. The number of nitriles is 1. The second kappa shape index (κ2) is 8.86. The van der Waals surface area contributed by atoms with E-state index in [0.29, 0.717) is 10.5 Å². The van der Waals surface area contributed by atoms with Crippen molar-refractivity contribution in [3.8, 4) is 16.5 Å². The summed E-state index contributed by atoms with van der Waals surface area (Å²) >= 11 is 1.48. The summed E-state index contributed by atoms with van der Waals surface area (Å²) in [5.41, 5.74) is -2.94. The third-order valence-corrected chi connectivity index (χ3v) is 11.0. The van der Waals surface area contributed by atoms with E-state index >= 15 is 0 Å². The highest BCUT2D eigenvalue weighted by Crippen LogP contribution is 2.60. The van der Waals surface area contributed by atoms with Gasteiger partial charge in [-0.25, -0.2) is 13.4 Å². The Kier molecular flexibility index (Phi) is 6.24. The molecule has 0 spiro atoms. The van der Waals surface area contributed by atoms with Crippen LogP contribution >= 0.6 is 11.3 Å². The van der Waals surface area contributed by atoms with Crippen LogP contribution in [-0.4, -0.2) is 59.7 Å². The second-order valence-corrected chi connectivity index (χ2v) is 13.7. The number of sulfone groups is 1. The highest BCUT2D eigenvalue weighted by molar-refractivity contribution is 7.92. The highest BCUT2D eigenvalue weighted by atomic mass is 32.2. The smallest absolute Gasteiger partial charge is 0.304 e. The second-order valence-electron chi connectivity index (χ2n) is 10.3. The van der Waals surface area contributed by atoms with Gasteiger partial charge in [-0.15, -0.1) is 11.3 Å². The maximum Gasteiger partial charge on any atom is 0.403 e. The Balaban J connectivity index is 1.37. The molecule has 1 saturated heterocycles. The van der Waals surface area contributed by atoms with Crippen molar-refractivity contribution in [2.45, 2.75) is 73.9 Å². The van der Waals surface area contributed by atoms with Crippen molar-refractivity contribution in [1.82, 2.24) is 15.2 Å². The SMILES string of the molecule is Cc1ncc(-c2ccc(S(=O)(=O)[C@H]3CN[C@H](C(=O)N(C(=O)C4(C(F)(F)F)CC4)C4(C#N)CC4)C3)c(C)c2)s1. The number of halogens is 3. The molecular formula is C25H25F3N4O4S2. The van der Waals surface area contributed by atoms with Crippen LogP contribution < -0.4 is 5.32 Å². The first-order valence-corrected chi connectivity index (χ1v) is 14.5. The third kappa shape index (κ3) is 4.23. The van der Waals surface area contributed by atoms with Crippen molar-refractivity contribution in [3.63, 3.8) is 0 Å². The van der Waals surface area contributed by atoms with Gasteiger partial charge in [0.15, 0.2) is 9.84 Å². The lowest BCUT2D eigenvalue weighted by Gasteiger charge is -2.32. The summed E-state index contributed by atoms with van der Waals surface area (Å²) in [4.78, 5) is 32.2. The van der Waals surface area contributed by atoms with Crippen LogP contribution in [-0.2, 0) is 19.4 Å². The third-order valence-electron chi connectivity index (χ3n) is 7.70. The molecule has 2 saturated carbocycles. The number of carbonyl (C=O) groups excluding carboxylic acids is 2. The van der Waals surface area contributed by atoms with Crippen molar-refractivity contribution in [3.05, 3.63) is 35.0 Å². The van der Waals surface area contributed by atoms with Crippen LogP contribution in [0.15, 0.2) is 29.3 Å². The van der Waals surface area contributed by atoms with Gasteiger partial charge in [-0.2, -0.15) is 18.4 Å². The summed E-state index contributed by atoms with van der Waals surface area (Å²) in [6, 6.07) is 5.60. The van der Waals surface area contributed by atoms with Crippen LogP contribution in [0.3, 0.4) is 0 Å². The van der Waals surface area contributed by atoms with Gasteiger partial charge in [0, 0.05) is 12.7 Å². The summed E-state index contributed by atoms with van der Waals surface area (Å²) in [5.74, 6) is -2.39. The maximum absolute atomic E-state index is 13.7. The summed E-state index contributed by atoms with van der Waals surface area (Å²) in [6.07, 6.45) is -4.04. The molecule has 0 radical (unpaired) electrons. The monoisotopic (exact) mass is 566 g/mol. The van der Waals surface area contributed by atoms with E-state index in [1.165, 1.54) is 17.4 Å². The molecule has 2 aromatic rings. The van der Waals surface area contributed by atoms with Gasteiger partial charge in [0.2, 0.25) is 11.8 Å². The summed E-state index contributed by atoms with van der Waals surface area (Å²) in [7, 11) is -3.92. The van der Waals surface area contributed by atoms with E-state index in [0.717, 1.165) is 15.4 Å². The topological polar surface area (TPSA) is 120 Å². The number of hydrogen-bond donors (Lipinski definition) is 1. The number of thiazole rings is 1. The van der Waals surface area contributed by atoms with Crippen LogP contribution in [0.25, 0.3) is 10.4 Å². The van der Waals surface area contributed by atoms with E-state index in [2.05, 4.69) is 10.3 Å². The number of aromatic nitrogens is 1. The summed E-state index contributed by atoms with van der Waals surface area (Å²) in [5, 5.41) is 12.3. The Morgan fingerprint density at radius 1 is 1.21 bits per heavy atom.